The van der Waals surface area contributed by atoms with Crippen molar-refractivity contribution in [2.75, 3.05) is 6.54 Å². The minimum absolute atomic E-state index is 0.359. The van der Waals surface area contributed by atoms with Gasteiger partial charge in [0, 0.05) is 5.39 Å². The topological polar surface area (TPSA) is 25.2 Å². The number of fused-ring (bicyclic) bond motifs is 2. The van der Waals surface area contributed by atoms with E-state index in [2.05, 4.69) is 64.6 Å². The van der Waals surface area contributed by atoms with Crippen LogP contribution in [0, 0.1) is 5.92 Å². The minimum atomic E-state index is 0.359. The first kappa shape index (κ1) is 13.4. The van der Waals surface area contributed by atoms with E-state index in [9.17, 15) is 0 Å². The number of furan rings is 1. The Hall–Kier alpha value is -1.32. The number of nitrogens with one attached hydrogen (secondary N) is 1. The molecule has 3 aromatic rings. The van der Waals surface area contributed by atoms with Crippen LogP contribution in [0.3, 0.4) is 0 Å². The molecule has 0 aliphatic heterocycles. The van der Waals surface area contributed by atoms with Gasteiger partial charge in [-0.2, -0.15) is 0 Å². The number of hydrogen-bond donors (Lipinski definition) is 1. The average Bonchev–Trinajstić information content (AvgIpc) is 3.24. The third kappa shape index (κ3) is 2.29. The Morgan fingerprint density at radius 2 is 2.05 bits per heavy atom. The van der Waals surface area contributed by atoms with Gasteiger partial charge >= 0.3 is 0 Å². The Labute approximate surface area is 132 Å². The summed E-state index contributed by atoms with van der Waals surface area (Å²) in [4.78, 5) is 0. The van der Waals surface area contributed by atoms with Gasteiger partial charge in [-0.1, -0.05) is 31.2 Å². The highest BCUT2D eigenvalue weighted by Gasteiger charge is 2.34. The van der Waals surface area contributed by atoms with E-state index in [4.69, 9.17) is 4.42 Å². The average molecular weight is 344 g/mol. The Morgan fingerprint density at radius 3 is 2.81 bits per heavy atom. The molecule has 21 heavy (non-hydrogen) atoms. The predicted octanol–water partition coefficient (Wildman–Crippen LogP) is 5.41. The first-order chi connectivity index (χ1) is 10.3. The molecule has 1 saturated carbocycles. The van der Waals surface area contributed by atoms with Gasteiger partial charge < -0.3 is 9.73 Å². The van der Waals surface area contributed by atoms with Crippen LogP contribution in [-0.2, 0) is 0 Å². The van der Waals surface area contributed by atoms with E-state index in [0.717, 1.165) is 28.3 Å². The fourth-order valence-electron chi connectivity index (χ4n) is 3.12. The van der Waals surface area contributed by atoms with Crippen molar-refractivity contribution in [3.63, 3.8) is 0 Å². The Morgan fingerprint density at radius 1 is 1.24 bits per heavy atom. The number of hydrogen-bond acceptors (Lipinski definition) is 2. The van der Waals surface area contributed by atoms with E-state index in [1.165, 1.54) is 29.0 Å². The number of halogens is 1. The molecule has 0 bridgehead atoms. The lowest BCUT2D eigenvalue weighted by molar-refractivity contribution is 0.403. The SMILES string of the molecule is CCNC(c1cc2cc3ccccc3c(Br)c2o1)C1CC1. The molecule has 1 aromatic heterocycles. The van der Waals surface area contributed by atoms with E-state index in [1.54, 1.807) is 0 Å². The summed E-state index contributed by atoms with van der Waals surface area (Å²) >= 11 is 3.72. The maximum absolute atomic E-state index is 6.21. The zero-order valence-corrected chi connectivity index (χ0v) is 13.6. The molecule has 1 heterocycles. The van der Waals surface area contributed by atoms with Gasteiger partial charge in [-0.15, -0.1) is 0 Å². The highest BCUT2D eigenvalue weighted by atomic mass is 79.9. The molecule has 0 amide bonds. The Balaban J connectivity index is 1.88. The third-order valence-corrected chi connectivity index (χ3v) is 5.10. The van der Waals surface area contributed by atoms with Crippen molar-refractivity contribution in [2.24, 2.45) is 5.92 Å². The van der Waals surface area contributed by atoms with Crippen molar-refractivity contribution in [3.05, 3.63) is 46.6 Å². The zero-order chi connectivity index (χ0) is 14.4. The highest BCUT2D eigenvalue weighted by molar-refractivity contribution is 9.10. The van der Waals surface area contributed by atoms with Crippen LogP contribution >= 0.6 is 15.9 Å². The largest absolute Gasteiger partial charge is 0.458 e. The normalized spacial score (nSPS) is 16.7. The molecule has 1 unspecified atom stereocenters. The smallest absolute Gasteiger partial charge is 0.149 e. The molecule has 2 nitrogen and oxygen atoms in total. The van der Waals surface area contributed by atoms with Crippen LogP contribution in [0.1, 0.15) is 31.6 Å². The summed E-state index contributed by atoms with van der Waals surface area (Å²) < 4.78 is 7.28. The molecule has 108 valence electrons. The Kier molecular flexibility index (Phi) is 3.27. The quantitative estimate of drug-likeness (QED) is 0.685. The van der Waals surface area contributed by atoms with Crippen molar-refractivity contribution in [3.8, 4) is 0 Å². The van der Waals surface area contributed by atoms with Gasteiger partial charge in [-0.05, 0) is 64.1 Å². The van der Waals surface area contributed by atoms with E-state index in [1.807, 2.05) is 0 Å². The van der Waals surface area contributed by atoms with Crippen LogP contribution in [0.5, 0.6) is 0 Å². The van der Waals surface area contributed by atoms with E-state index in [-0.39, 0.29) is 0 Å². The first-order valence-corrected chi connectivity index (χ1v) is 8.41. The molecule has 4 rings (SSSR count). The zero-order valence-electron chi connectivity index (χ0n) is 12.0. The highest BCUT2D eigenvalue weighted by Crippen LogP contribution is 2.43. The van der Waals surface area contributed by atoms with Crippen LogP contribution in [0.25, 0.3) is 21.7 Å². The maximum Gasteiger partial charge on any atom is 0.149 e. The lowest BCUT2D eigenvalue weighted by Gasteiger charge is -2.13. The van der Waals surface area contributed by atoms with Crippen LogP contribution in [0.15, 0.2) is 45.3 Å². The second kappa shape index (κ2) is 5.15. The summed E-state index contributed by atoms with van der Waals surface area (Å²) in [6.45, 7) is 3.13. The maximum atomic E-state index is 6.21. The fraction of sp³-hybridized carbons (Fsp3) is 0.333. The lowest BCUT2D eigenvalue weighted by atomic mass is 10.1. The van der Waals surface area contributed by atoms with Crippen LogP contribution in [-0.4, -0.2) is 6.54 Å². The molecule has 0 radical (unpaired) electrons. The van der Waals surface area contributed by atoms with Crippen molar-refractivity contribution in [1.82, 2.24) is 5.32 Å². The van der Waals surface area contributed by atoms with Gasteiger partial charge in [0.05, 0.1) is 10.5 Å². The summed E-state index contributed by atoms with van der Waals surface area (Å²) in [6, 6.07) is 13.2. The van der Waals surface area contributed by atoms with Gasteiger partial charge in [0.1, 0.15) is 11.3 Å². The van der Waals surface area contributed by atoms with Gasteiger partial charge in [0.2, 0.25) is 0 Å². The summed E-state index contributed by atoms with van der Waals surface area (Å²) in [7, 11) is 0. The van der Waals surface area contributed by atoms with Gasteiger partial charge in [-0.3, -0.25) is 0 Å². The molecule has 1 aliphatic carbocycles. The van der Waals surface area contributed by atoms with Crippen LogP contribution < -0.4 is 5.32 Å². The minimum Gasteiger partial charge on any atom is -0.458 e. The predicted molar refractivity (Wildman–Crippen MR) is 90.6 cm³/mol. The second-order valence-corrected chi connectivity index (χ2v) is 6.64. The monoisotopic (exact) mass is 343 g/mol. The summed E-state index contributed by atoms with van der Waals surface area (Å²) in [5.74, 6) is 1.81. The summed E-state index contributed by atoms with van der Waals surface area (Å²) in [5.41, 5.74) is 0.965. The summed E-state index contributed by atoms with van der Waals surface area (Å²) in [5, 5.41) is 7.21. The molecule has 1 fully saturated rings. The van der Waals surface area contributed by atoms with E-state index < -0.39 is 0 Å². The molecule has 0 saturated heterocycles. The van der Waals surface area contributed by atoms with Gasteiger partial charge in [-0.25, -0.2) is 0 Å². The molecule has 0 spiro atoms. The van der Waals surface area contributed by atoms with E-state index in [0.29, 0.717) is 6.04 Å². The standard InChI is InChI=1S/C18H18BrNO/c1-2-20-17(11-7-8-11)15-10-13-9-12-5-3-4-6-14(12)16(19)18(13)21-15/h3-6,9-11,17,20H,2,7-8H2,1H3. The van der Waals surface area contributed by atoms with Crippen LogP contribution in [0.4, 0.5) is 0 Å². The molecule has 1 N–H and O–H groups in total. The molecular formula is C18H18BrNO. The fourth-order valence-corrected chi connectivity index (χ4v) is 3.79. The van der Waals surface area contributed by atoms with Crippen molar-refractivity contribution in [2.45, 2.75) is 25.8 Å². The second-order valence-electron chi connectivity index (χ2n) is 5.85. The van der Waals surface area contributed by atoms with Crippen LogP contribution in [0.2, 0.25) is 0 Å². The van der Waals surface area contributed by atoms with Crippen molar-refractivity contribution >= 4 is 37.7 Å². The number of benzene rings is 2. The number of rotatable bonds is 4. The third-order valence-electron chi connectivity index (χ3n) is 4.31. The van der Waals surface area contributed by atoms with E-state index >= 15 is 0 Å². The van der Waals surface area contributed by atoms with Gasteiger partial charge in [0.15, 0.2) is 0 Å². The molecule has 2 aromatic carbocycles. The molecule has 1 atom stereocenters. The van der Waals surface area contributed by atoms with Crippen molar-refractivity contribution in [1.29, 1.82) is 0 Å². The van der Waals surface area contributed by atoms with Gasteiger partial charge in [0.25, 0.3) is 0 Å². The first-order valence-electron chi connectivity index (χ1n) is 7.62. The molecule has 1 aliphatic rings. The Bertz CT molecular complexity index is 803. The molecular weight excluding hydrogens is 326 g/mol. The summed E-state index contributed by atoms with van der Waals surface area (Å²) in [6.07, 6.45) is 2.61. The molecule has 3 heteroatoms. The van der Waals surface area contributed by atoms with Crippen molar-refractivity contribution < 1.29 is 4.42 Å². The lowest BCUT2D eigenvalue weighted by Crippen LogP contribution is -2.21.